The van der Waals surface area contributed by atoms with Gasteiger partial charge in [0, 0.05) is 19.3 Å². The van der Waals surface area contributed by atoms with Crippen LogP contribution in [0.4, 0.5) is 5.82 Å². The first-order chi connectivity index (χ1) is 10.1. The van der Waals surface area contributed by atoms with Gasteiger partial charge >= 0.3 is 0 Å². The van der Waals surface area contributed by atoms with Crippen molar-refractivity contribution in [2.24, 2.45) is 7.05 Å². The molecule has 108 valence electrons. The molecule has 0 aliphatic rings. The number of thioether (sulfide) groups is 1. The highest BCUT2D eigenvalue weighted by molar-refractivity contribution is 7.98. The van der Waals surface area contributed by atoms with Crippen molar-refractivity contribution in [1.82, 2.24) is 19.2 Å². The van der Waals surface area contributed by atoms with Gasteiger partial charge in [0.05, 0.1) is 11.2 Å². The lowest BCUT2D eigenvalue weighted by molar-refractivity contribution is 0.102. The molecule has 7 heteroatoms. The Balaban J connectivity index is 2.00. The molecular formula is C14H15N5OS. The van der Waals surface area contributed by atoms with Crippen molar-refractivity contribution in [1.29, 1.82) is 0 Å². The van der Waals surface area contributed by atoms with Crippen molar-refractivity contribution in [2.45, 2.75) is 12.1 Å². The summed E-state index contributed by atoms with van der Waals surface area (Å²) < 4.78 is 3.55. The number of imidazole rings is 1. The van der Waals surface area contributed by atoms with Gasteiger partial charge in [0.1, 0.15) is 5.82 Å². The number of carbonyl (C=O) groups is 1. The van der Waals surface area contributed by atoms with Crippen molar-refractivity contribution in [3.8, 4) is 0 Å². The molecule has 3 heterocycles. The number of anilines is 1. The Morgan fingerprint density at radius 1 is 1.38 bits per heavy atom. The normalized spacial score (nSPS) is 11.0. The number of pyridine rings is 1. The minimum Gasteiger partial charge on any atom is -0.305 e. The summed E-state index contributed by atoms with van der Waals surface area (Å²) in [4.78, 5) is 16.9. The van der Waals surface area contributed by atoms with E-state index in [2.05, 4.69) is 15.4 Å². The lowest BCUT2D eigenvalue weighted by Crippen LogP contribution is -2.15. The van der Waals surface area contributed by atoms with Crippen LogP contribution in [0.3, 0.4) is 0 Å². The number of aryl methyl sites for hydroxylation is 2. The van der Waals surface area contributed by atoms with Crippen molar-refractivity contribution >= 4 is 29.0 Å². The van der Waals surface area contributed by atoms with Crippen LogP contribution < -0.4 is 5.32 Å². The molecule has 3 aromatic heterocycles. The van der Waals surface area contributed by atoms with Crippen LogP contribution in [-0.2, 0) is 7.05 Å². The number of hydrogen-bond donors (Lipinski definition) is 1. The fraction of sp³-hybridized carbons (Fsp3) is 0.214. The number of amides is 1. The van der Waals surface area contributed by atoms with Gasteiger partial charge < -0.3 is 5.32 Å². The second-order valence-electron chi connectivity index (χ2n) is 4.65. The summed E-state index contributed by atoms with van der Waals surface area (Å²) in [5, 5.41) is 7.86. The number of carbonyl (C=O) groups excluding carboxylic acids is 1. The SMILES string of the molecule is CSc1nc(C(=O)Nc2cc(C)nn2C)c2ccccn12. The Morgan fingerprint density at radius 3 is 2.86 bits per heavy atom. The van der Waals surface area contributed by atoms with E-state index in [4.69, 9.17) is 0 Å². The first kappa shape index (κ1) is 13.7. The Bertz CT molecular complexity index is 820. The molecule has 0 atom stereocenters. The second-order valence-corrected chi connectivity index (χ2v) is 5.43. The lowest BCUT2D eigenvalue weighted by atomic mass is 10.3. The minimum atomic E-state index is -0.234. The first-order valence-electron chi connectivity index (χ1n) is 6.43. The van der Waals surface area contributed by atoms with Crippen LogP contribution in [0.5, 0.6) is 0 Å². The van der Waals surface area contributed by atoms with Gasteiger partial charge in [-0.25, -0.2) is 4.98 Å². The van der Waals surface area contributed by atoms with Gasteiger partial charge in [0.25, 0.3) is 5.91 Å². The van der Waals surface area contributed by atoms with Gasteiger partial charge in [-0.15, -0.1) is 0 Å². The lowest BCUT2D eigenvalue weighted by Gasteiger charge is -2.03. The topological polar surface area (TPSA) is 64.2 Å². The van der Waals surface area contributed by atoms with Gasteiger partial charge in [-0.1, -0.05) is 17.8 Å². The zero-order chi connectivity index (χ0) is 15.0. The quantitative estimate of drug-likeness (QED) is 0.754. The van der Waals surface area contributed by atoms with Gasteiger partial charge in [-0.05, 0) is 25.3 Å². The molecule has 1 amide bonds. The van der Waals surface area contributed by atoms with Gasteiger partial charge in [-0.2, -0.15) is 5.10 Å². The van der Waals surface area contributed by atoms with E-state index < -0.39 is 0 Å². The van der Waals surface area contributed by atoms with Crippen LogP contribution in [-0.4, -0.2) is 31.3 Å². The molecule has 0 aliphatic carbocycles. The molecule has 1 N–H and O–H groups in total. The van der Waals surface area contributed by atoms with Crippen molar-refractivity contribution < 1.29 is 4.79 Å². The van der Waals surface area contributed by atoms with Crippen molar-refractivity contribution in [2.75, 3.05) is 11.6 Å². The Morgan fingerprint density at radius 2 is 2.19 bits per heavy atom. The zero-order valence-corrected chi connectivity index (χ0v) is 12.8. The molecule has 0 radical (unpaired) electrons. The predicted octanol–water partition coefficient (Wildman–Crippen LogP) is 2.35. The molecule has 0 saturated carbocycles. The zero-order valence-electron chi connectivity index (χ0n) is 12.0. The summed E-state index contributed by atoms with van der Waals surface area (Å²) in [6.07, 6.45) is 3.84. The summed E-state index contributed by atoms with van der Waals surface area (Å²) in [5.74, 6) is 0.419. The van der Waals surface area contributed by atoms with Gasteiger partial charge in [0.2, 0.25) is 0 Å². The maximum atomic E-state index is 12.5. The largest absolute Gasteiger partial charge is 0.305 e. The molecule has 6 nitrogen and oxygen atoms in total. The standard InChI is InChI=1S/C14H15N5OS/c1-9-8-11(18(2)17-9)15-13(20)12-10-6-4-5-7-19(10)14(16-12)21-3/h4-8H,1-3H3,(H,15,20). The van der Waals surface area contributed by atoms with E-state index in [-0.39, 0.29) is 5.91 Å². The highest BCUT2D eigenvalue weighted by Gasteiger charge is 2.18. The predicted molar refractivity (Wildman–Crippen MR) is 82.9 cm³/mol. The van der Waals surface area contributed by atoms with E-state index >= 15 is 0 Å². The Labute approximate surface area is 126 Å². The Kier molecular flexibility index (Phi) is 3.42. The van der Waals surface area contributed by atoms with Crippen LogP contribution >= 0.6 is 11.8 Å². The van der Waals surface area contributed by atoms with Crippen LogP contribution in [0.15, 0.2) is 35.6 Å². The highest BCUT2D eigenvalue weighted by Crippen LogP contribution is 2.21. The van der Waals surface area contributed by atoms with E-state index in [1.54, 1.807) is 11.7 Å². The molecule has 0 bridgehead atoms. The van der Waals surface area contributed by atoms with E-state index in [1.807, 2.05) is 48.0 Å². The molecule has 3 aromatic rings. The molecule has 0 saturated heterocycles. The van der Waals surface area contributed by atoms with Crippen LogP contribution in [0, 0.1) is 6.92 Å². The van der Waals surface area contributed by atoms with Crippen molar-refractivity contribution in [3.05, 3.63) is 41.9 Å². The molecule has 0 fully saturated rings. The summed E-state index contributed by atoms with van der Waals surface area (Å²) in [5.41, 5.74) is 2.06. The van der Waals surface area contributed by atoms with Crippen LogP contribution in [0.1, 0.15) is 16.2 Å². The van der Waals surface area contributed by atoms with Crippen molar-refractivity contribution in [3.63, 3.8) is 0 Å². The molecule has 0 spiro atoms. The minimum absolute atomic E-state index is 0.234. The number of nitrogens with zero attached hydrogens (tertiary/aromatic N) is 4. The third-order valence-corrected chi connectivity index (χ3v) is 3.81. The molecule has 0 unspecified atom stereocenters. The number of aromatic nitrogens is 4. The average Bonchev–Trinajstić information content (AvgIpc) is 2.99. The summed E-state index contributed by atoms with van der Waals surface area (Å²) >= 11 is 1.50. The summed E-state index contributed by atoms with van der Waals surface area (Å²) in [6.45, 7) is 1.88. The van der Waals surface area contributed by atoms with Crippen LogP contribution in [0.25, 0.3) is 5.52 Å². The monoisotopic (exact) mass is 301 g/mol. The maximum absolute atomic E-state index is 12.5. The fourth-order valence-electron chi connectivity index (χ4n) is 2.22. The summed E-state index contributed by atoms with van der Waals surface area (Å²) in [6, 6.07) is 7.52. The third-order valence-electron chi connectivity index (χ3n) is 3.16. The molecule has 0 aromatic carbocycles. The first-order valence-corrected chi connectivity index (χ1v) is 7.65. The van der Waals surface area contributed by atoms with Crippen LogP contribution in [0.2, 0.25) is 0 Å². The number of hydrogen-bond acceptors (Lipinski definition) is 4. The fourth-order valence-corrected chi connectivity index (χ4v) is 2.76. The van der Waals surface area contributed by atoms with E-state index in [0.29, 0.717) is 11.5 Å². The van der Waals surface area contributed by atoms with Gasteiger partial charge in [-0.3, -0.25) is 13.9 Å². The smallest absolute Gasteiger partial charge is 0.277 e. The molecule has 21 heavy (non-hydrogen) atoms. The number of fused-ring (bicyclic) bond motifs is 1. The van der Waals surface area contributed by atoms with Gasteiger partial charge in [0.15, 0.2) is 10.9 Å². The van der Waals surface area contributed by atoms with E-state index in [9.17, 15) is 4.79 Å². The average molecular weight is 301 g/mol. The molecule has 3 rings (SSSR count). The maximum Gasteiger partial charge on any atom is 0.277 e. The summed E-state index contributed by atoms with van der Waals surface area (Å²) in [7, 11) is 1.79. The van der Waals surface area contributed by atoms with E-state index in [1.165, 1.54) is 11.8 Å². The van der Waals surface area contributed by atoms with E-state index in [0.717, 1.165) is 16.4 Å². The Hall–Kier alpha value is -2.28. The third kappa shape index (κ3) is 2.40. The number of rotatable bonds is 3. The molecular weight excluding hydrogens is 286 g/mol. The highest BCUT2D eigenvalue weighted by atomic mass is 32.2. The number of nitrogens with one attached hydrogen (secondary N) is 1. The second kappa shape index (κ2) is 5.25. The molecule has 0 aliphatic heterocycles.